The van der Waals surface area contributed by atoms with E-state index in [9.17, 15) is 75.4 Å². The van der Waals surface area contributed by atoms with E-state index in [1.54, 1.807) is 0 Å². The van der Waals surface area contributed by atoms with Crippen molar-refractivity contribution < 1.29 is 80.1 Å². The molecule has 0 aliphatic carbocycles. The highest BCUT2D eigenvalue weighted by molar-refractivity contribution is 5.64. The molecular weight excluding hydrogens is 576 g/mol. The fourth-order valence-electron chi connectivity index (χ4n) is 2.69. The standard InChI is InChI=1S/C20H10F16O2/c21-13(38-12-7-3-10(4-8-12)9-1-5-11(37)6-2-9)14(22,23)15(24,25)16(26,27)17(28,29)18(30,31)19(32,33)20(34,35)36/h1-8,13,37H. The average Bonchev–Trinajstić information content (AvgIpc) is 2.78. The number of ether oxygens (including phenoxy) is 1. The molecule has 1 N–H and O–H groups in total. The van der Waals surface area contributed by atoms with E-state index in [0.29, 0.717) is 17.7 Å². The minimum atomic E-state index is -8.52. The fraction of sp³-hybridized carbons (Fsp3) is 0.400. The molecule has 2 rings (SSSR count). The van der Waals surface area contributed by atoms with Gasteiger partial charge < -0.3 is 9.84 Å². The lowest BCUT2D eigenvalue weighted by Crippen LogP contribution is -2.73. The molecule has 18 heteroatoms. The van der Waals surface area contributed by atoms with Gasteiger partial charge in [-0.15, -0.1) is 0 Å². The van der Waals surface area contributed by atoms with E-state index in [2.05, 4.69) is 4.74 Å². The Hall–Kier alpha value is -3.08. The normalized spacial score (nSPS) is 15.4. The summed E-state index contributed by atoms with van der Waals surface area (Å²) in [5.41, 5.74) is 0.505. The fourth-order valence-corrected chi connectivity index (χ4v) is 2.69. The van der Waals surface area contributed by atoms with Gasteiger partial charge in [0.05, 0.1) is 0 Å². The maximum absolute atomic E-state index is 13.9. The van der Waals surface area contributed by atoms with Crippen LogP contribution in [0, 0.1) is 0 Å². The van der Waals surface area contributed by atoms with Crippen LogP contribution < -0.4 is 4.74 Å². The number of hydrogen-bond donors (Lipinski definition) is 1. The van der Waals surface area contributed by atoms with E-state index in [-0.39, 0.29) is 11.3 Å². The molecule has 0 amide bonds. The molecule has 0 bridgehead atoms. The van der Waals surface area contributed by atoms with Crippen LogP contribution in [0.25, 0.3) is 11.1 Å². The Morgan fingerprint density at radius 2 is 0.842 bits per heavy atom. The van der Waals surface area contributed by atoms with Gasteiger partial charge in [-0.3, -0.25) is 0 Å². The highest BCUT2D eigenvalue weighted by Gasteiger charge is 2.94. The van der Waals surface area contributed by atoms with Gasteiger partial charge in [0.1, 0.15) is 11.5 Å². The third-order valence-corrected chi connectivity index (χ3v) is 4.93. The van der Waals surface area contributed by atoms with Crippen molar-refractivity contribution in [1.82, 2.24) is 0 Å². The molecular formula is C20H10F16O2. The predicted octanol–water partition coefficient (Wildman–Crippen LogP) is 8.11. The van der Waals surface area contributed by atoms with E-state index in [4.69, 9.17) is 0 Å². The van der Waals surface area contributed by atoms with Crippen molar-refractivity contribution >= 4 is 0 Å². The zero-order valence-corrected chi connectivity index (χ0v) is 17.6. The zero-order chi connectivity index (χ0) is 29.8. The Morgan fingerprint density at radius 3 is 1.24 bits per heavy atom. The highest BCUT2D eigenvalue weighted by atomic mass is 19.4. The van der Waals surface area contributed by atoms with Gasteiger partial charge in [0.25, 0.3) is 0 Å². The molecule has 38 heavy (non-hydrogen) atoms. The smallest absolute Gasteiger partial charge is 0.460 e. The molecule has 2 aromatic rings. The number of phenols is 1. The summed E-state index contributed by atoms with van der Waals surface area (Å²) in [6, 6.07) is 7.98. The first-order chi connectivity index (χ1) is 16.9. The van der Waals surface area contributed by atoms with Crippen LogP contribution in [-0.4, -0.2) is 53.2 Å². The second-order valence-electron chi connectivity index (χ2n) is 7.50. The zero-order valence-electron chi connectivity index (χ0n) is 17.6. The summed E-state index contributed by atoms with van der Waals surface area (Å²) >= 11 is 0. The third kappa shape index (κ3) is 4.65. The summed E-state index contributed by atoms with van der Waals surface area (Å²) in [6.07, 6.45) is -12.8. The van der Waals surface area contributed by atoms with Crippen molar-refractivity contribution in [2.75, 3.05) is 0 Å². The number of benzene rings is 2. The van der Waals surface area contributed by atoms with E-state index < -0.39 is 53.8 Å². The molecule has 0 aliphatic heterocycles. The summed E-state index contributed by atoms with van der Waals surface area (Å²) in [5.74, 6) is -50.0. The second kappa shape index (κ2) is 9.29. The maximum atomic E-state index is 13.9. The Kier molecular flexibility index (Phi) is 7.61. The lowest BCUT2D eigenvalue weighted by molar-refractivity contribution is -0.457. The van der Waals surface area contributed by atoms with Gasteiger partial charge in [-0.05, 0) is 35.4 Å². The summed E-state index contributed by atoms with van der Waals surface area (Å²) in [6.45, 7) is 0. The van der Waals surface area contributed by atoms with Gasteiger partial charge in [-0.25, -0.2) is 0 Å². The Labute approximate surface area is 200 Å². The lowest BCUT2D eigenvalue weighted by atomic mass is 9.91. The monoisotopic (exact) mass is 586 g/mol. The number of hydrogen-bond acceptors (Lipinski definition) is 2. The number of phenolic OH excluding ortho intramolecular Hbond substituents is 1. The van der Waals surface area contributed by atoms with Crippen molar-refractivity contribution in [3.05, 3.63) is 48.5 Å². The van der Waals surface area contributed by atoms with E-state index >= 15 is 0 Å². The summed E-state index contributed by atoms with van der Waals surface area (Å²) in [7, 11) is 0. The van der Waals surface area contributed by atoms with E-state index in [1.807, 2.05) is 0 Å². The summed E-state index contributed by atoms with van der Waals surface area (Å²) in [5, 5.41) is 9.19. The molecule has 0 aromatic heterocycles. The molecule has 1 unspecified atom stereocenters. The van der Waals surface area contributed by atoms with Crippen molar-refractivity contribution in [2.45, 2.75) is 48.1 Å². The Morgan fingerprint density at radius 1 is 0.500 bits per heavy atom. The first-order valence-electron chi connectivity index (χ1n) is 9.40. The molecule has 0 fully saturated rings. The number of alkyl halides is 16. The highest BCUT2D eigenvalue weighted by Crippen LogP contribution is 2.62. The van der Waals surface area contributed by atoms with E-state index in [0.717, 1.165) is 12.1 Å². The minimum Gasteiger partial charge on any atom is -0.508 e. The molecule has 2 nitrogen and oxygen atoms in total. The van der Waals surface area contributed by atoms with Crippen LogP contribution in [0.1, 0.15) is 0 Å². The lowest BCUT2D eigenvalue weighted by Gasteiger charge is -2.41. The van der Waals surface area contributed by atoms with Gasteiger partial charge >= 0.3 is 48.1 Å². The van der Waals surface area contributed by atoms with Crippen molar-refractivity contribution in [2.24, 2.45) is 0 Å². The number of rotatable bonds is 9. The van der Waals surface area contributed by atoms with Crippen LogP contribution in [0.5, 0.6) is 11.5 Å². The molecule has 214 valence electrons. The molecule has 0 heterocycles. The first-order valence-corrected chi connectivity index (χ1v) is 9.40. The number of halogens is 16. The summed E-state index contributed by atoms with van der Waals surface area (Å²) in [4.78, 5) is 0. The first kappa shape index (κ1) is 31.1. The molecule has 0 aliphatic rings. The molecule has 0 saturated carbocycles. The van der Waals surface area contributed by atoms with Crippen molar-refractivity contribution in [3.63, 3.8) is 0 Å². The second-order valence-corrected chi connectivity index (χ2v) is 7.50. The largest absolute Gasteiger partial charge is 0.508 e. The Balaban J connectivity index is 2.38. The van der Waals surface area contributed by atoms with E-state index in [1.165, 1.54) is 24.3 Å². The summed E-state index contributed by atoms with van der Waals surface area (Å²) < 4.78 is 215. The van der Waals surface area contributed by atoms with Crippen LogP contribution in [-0.2, 0) is 0 Å². The molecule has 2 aromatic carbocycles. The molecule has 0 spiro atoms. The minimum absolute atomic E-state index is 0.181. The van der Waals surface area contributed by atoms with Crippen molar-refractivity contribution in [1.29, 1.82) is 0 Å². The van der Waals surface area contributed by atoms with Gasteiger partial charge in [-0.2, -0.15) is 70.2 Å². The van der Waals surface area contributed by atoms with Crippen LogP contribution in [0.2, 0.25) is 0 Å². The quantitative estimate of drug-likeness (QED) is 0.301. The van der Waals surface area contributed by atoms with Gasteiger partial charge in [0, 0.05) is 0 Å². The van der Waals surface area contributed by atoms with Crippen LogP contribution >= 0.6 is 0 Å². The maximum Gasteiger partial charge on any atom is 0.460 e. The van der Waals surface area contributed by atoms with Crippen molar-refractivity contribution in [3.8, 4) is 22.6 Å². The topological polar surface area (TPSA) is 29.5 Å². The predicted molar refractivity (Wildman–Crippen MR) is 94.8 cm³/mol. The molecule has 1 atom stereocenters. The number of aromatic hydroxyl groups is 1. The van der Waals surface area contributed by atoms with Gasteiger partial charge in [0.2, 0.25) is 0 Å². The van der Waals surface area contributed by atoms with Gasteiger partial charge in [0.15, 0.2) is 0 Å². The van der Waals surface area contributed by atoms with Gasteiger partial charge in [-0.1, -0.05) is 24.3 Å². The SMILES string of the molecule is Oc1ccc(-c2ccc(OC(F)C(F)(F)C(F)(F)C(F)(F)C(F)(F)C(F)(F)C(F)(F)C(F)(F)F)cc2)cc1. The molecule has 0 saturated heterocycles. The Bertz CT molecular complexity index is 1110. The third-order valence-electron chi connectivity index (χ3n) is 4.93. The average molecular weight is 586 g/mol. The van der Waals surface area contributed by atoms with Crippen LogP contribution in [0.4, 0.5) is 70.2 Å². The van der Waals surface area contributed by atoms with Crippen LogP contribution in [0.15, 0.2) is 48.5 Å². The molecule has 0 radical (unpaired) electrons. The van der Waals surface area contributed by atoms with Crippen LogP contribution in [0.3, 0.4) is 0 Å².